The van der Waals surface area contributed by atoms with Crippen molar-refractivity contribution in [3.8, 4) is 0 Å². The molecule has 2 atom stereocenters. The van der Waals surface area contributed by atoms with Crippen LogP contribution in [0.15, 0.2) is 18.5 Å². The first-order valence-corrected chi connectivity index (χ1v) is 7.00. The van der Waals surface area contributed by atoms with Gasteiger partial charge in [-0.3, -0.25) is 0 Å². The predicted octanol–water partition coefficient (Wildman–Crippen LogP) is 1.74. The van der Waals surface area contributed by atoms with Crippen LogP contribution in [0.4, 0.5) is 5.82 Å². The molecule has 5 heteroatoms. The van der Waals surface area contributed by atoms with Crippen molar-refractivity contribution in [1.82, 2.24) is 14.6 Å². The molecule has 1 aliphatic heterocycles. The van der Waals surface area contributed by atoms with E-state index in [9.17, 15) is 0 Å². The van der Waals surface area contributed by atoms with Gasteiger partial charge in [-0.25, -0.2) is 9.50 Å². The first-order chi connectivity index (χ1) is 9.20. The molecule has 0 aromatic carbocycles. The van der Waals surface area contributed by atoms with E-state index in [2.05, 4.69) is 28.0 Å². The van der Waals surface area contributed by atoms with Gasteiger partial charge in [-0.1, -0.05) is 0 Å². The second-order valence-corrected chi connectivity index (χ2v) is 5.44. The van der Waals surface area contributed by atoms with E-state index in [4.69, 9.17) is 5.73 Å². The Kier molecular flexibility index (Phi) is 3.14. The lowest BCUT2D eigenvalue weighted by atomic mass is 9.96. The number of aryl methyl sites for hydroxylation is 1. The normalized spacial score (nSPS) is 24.1. The highest BCUT2D eigenvalue weighted by atomic mass is 15.3. The SMILES string of the molecule is Cc1cc2c(N3C(C)CCCC3CN)nccn2n1. The van der Waals surface area contributed by atoms with Gasteiger partial charge in [-0.15, -0.1) is 0 Å². The van der Waals surface area contributed by atoms with Crippen LogP contribution in [0.5, 0.6) is 0 Å². The molecular formula is C14H21N5. The maximum atomic E-state index is 5.95. The van der Waals surface area contributed by atoms with Crippen LogP contribution in [0, 0.1) is 6.92 Å². The fourth-order valence-electron chi connectivity index (χ4n) is 3.13. The third-order valence-electron chi connectivity index (χ3n) is 4.04. The Morgan fingerprint density at radius 2 is 2.26 bits per heavy atom. The van der Waals surface area contributed by atoms with Gasteiger partial charge in [0, 0.05) is 31.0 Å². The van der Waals surface area contributed by atoms with Crippen molar-refractivity contribution in [2.45, 2.75) is 45.2 Å². The van der Waals surface area contributed by atoms with Crippen molar-refractivity contribution in [3.63, 3.8) is 0 Å². The van der Waals surface area contributed by atoms with Crippen molar-refractivity contribution in [3.05, 3.63) is 24.2 Å². The molecule has 2 aromatic heterocycles. The summed E-state index contributed by atoms with van der Waals surface area (Å²) in [6.07, 6.45) is 7.32. The summed E-state index contributed by atoms with van der Waals surface area (Å²) in [6.45, 7) is 4.95. The Bertz CT molecular complexity index is 576. The summed E-state index contributed by atoms with van der Waals surface area (Å²) in [5.41, 5.74) is 8.04. The van der Waals surface area contributed by atoms with Gasteiger partial charge in [0.05, 0.1) is 5.69 Å². The zero-order chi connectivity index (χ0) is 13.4. The third-order valence-corrected chi connectivity index (χ3v) is 4.04. The Hall–Kier alpha value is -1.62. The van der Waals surface area contributed by atoms with E-state index in [0.717, 1.165) is 23.4 Å². The van der Waals surface area contributed by atoms with Crippen molar-refractivity contribution in [2.24, 2.45) is 5.73 Å². The van der Waals surface area contributed by atoms with Crippen LogP contribution in [-0.2, 0) is 0 Å². The predicted molar refractivity (Wildman–Crippen MR) is 76.4 cm³/mol. The summed E-state index contributed by atoms with van der Waals surface area (Å²) in [7, 11) is 0. The summed E-state index contributed by atoms with van der Waals surface area (Å²) in [5, 5.41) is 4.46. The molecule has 5 nitrogen and oxygen atoms in total. The van der Waals surface area contributed by atoms with E-state index < -0.39 is 0 Å². The Balaban J connectivity index is 2.10. The number of fused-ring (bicyclic) bond motifs is 1. The van der Waals surface area contributed by atoms with E-state index in [0.29, 0.717) is 18.6 Å². The zero-order valence-corrected chi connectivity index (χ0v) is 11.6. The Labute approximate surface area is 113 Å². The van der Waals surface area contributed by atoms with Crippen LogP contribution < -0.4 is 10.6 Å². The fourth-order valence-corrected chi connectivity index (χ4v) is 3.13. The van der Waals surface area contributed by atoms with Gasteiger partial charge >= 0.3 is 0 Å². The third kappa shape index (κ3) is 2.08. The van der Waals surface area contributed by atoms with Gasteiger partial charge in [0.2, 0.25) is 0 Å². The number of nitrogens with two attached hydrogens (primary N) is 1. The minimum Gasteiger partial charge on any atom is -0.348 e. The molecule has 1 saturated heterocycles. The second-order valence-electron chi connectivity index (χ2n) is 5.44. The average Bonchev–Trinajstić information content (AvgIpc) is 2.78. The Morgan fingerprint density at radius 3 is 3.05 bits per heavy atom. The maximum absolute atomic E-state index is 5.95. The molecule has 0 radical (unpaired) electrons. The Morgan fingerprint density at radius 1 is 1.42 bits per heavy atom. The molecule has 19 heavy (non-hydrogen) atoms. The molecule has 2 unspecified atom stereocenters. The van der Waals surface area contributed by atoms with Crippen LogP contribution in [0.25, 0.3) is 5.52 Å². The van der Waals surface area contributed by atoms with Crippen molar-refractivity contribution in [2.75, 3.05) is 11.4 Å². The van der Waals surface area contributed by atoms with Crippen molar-refractivity contribution >= 4 is 11.3 Å². The van der Waals surface area contributed by atoms with Gasteiger partial charge in [0.25, 0.3) is 0 Å². The van der Waals surface area contributed by atoms with E-state index in [-0.39, 0.29) is 0 Å². The van der Waals surface area contributed by atoms with Crippen molar-refractivity contribution in [1.29, 1.82) is 0 Å². The molecular weight excluding hydrogens is 238 g/mol. The molecule has 3 rings (SSSR count). The van der Waals surface area contributed by atoms with Gasteiger partial charge < -0.3 is 10.6 Å². The molecule has 0 amide bonds. The van der Waals surface area contributed by atoms with Crippen LogP contribution in [0.1, 0.15) is 31.9 Å². The molecule has 1 aliphatic rings. The number of rotatable bonds is 2. The smallest absolute Gasteiger partial charge is 0.155 e. The minimum absolute atomic E-state index is 0.387. The molecule has 3 heterocycles. The minimum atomic E-state index is 0.387. The molecule has 0 bridgehead atoms. The summed E-state index contributed by atoms with van der Waals surface area (Å²) >= 11 is 0. The zero-order valence-electron chi connectivity index (χ0n) is 11.6. The lowest BCUT2D eigenvalue weighted by Gasteiger charge is -2.41. The average molecular weight is 259 g/mol. The lowest BCUT2D eigenvalue weighted by molar-refractivity contribution is 0.398. The topological polar surface area (TPSA) is 59.5 Å². The second kappa shape index (κ2) is 4.81. The van der Waals surface area contributed by atoms with Crippen LogP contribution in [0.2, 0.25) is 0 Å². The summed E-state index contributed by atoms with van der Waals surface area (Å²) < 4.78 is 1.91. The first-order valence-electron chi connectivity index (χ1n) is 7.00. The monoisotopic (exact) mass is 259 g/mol. The number of hydrogen-bond donors (Lipinski definition) is 1. The van der Waals surface area contributed by atoms with Crippen LogP contribution >= 0.6 is 0 Å². The standard InChI is InChI=1S/C14H21N5/c1-10-8-13-14(16-6-7-18(13)17-10)19-11(2)4-3-5-12(19)9-15/h6-8,11-12H,3-5,9,15H2,1-2H3. The number of nitrogens with zero attached hydrogens (tertiary/aromatic N) is 4. The van der Waals surface area contributed by atoms with Crippen LogP contribution in [-0.4, -0.2) is 33.2 Å². The number of piperidine rings is 1. The molecule has 2 aromatic rings. The van der Waals surface area contributed by atoms with E-state index in [1.54, 1.807) is 0 Å². The molecule has 0 aliphatic carbocycles. The highest BCUT2D eigenvalue weighted by molar-refractivity contribution is 5.70. The summed E-state index contributed by atoms with van der Waals surface area (Å²) in [6, 6.07) is 2.96. The summed E-state index contributed by atoms with van der Waals surface area (Å²) in [4.78, 5) is 6.99. The fraction of sp³-hybridized carbons (Fsp3) is 0.571. The molecule has 0 spiro atoms. The lowest BCUT2D eigenvalue weighted by Crippen LogP contribution is -2.49. The number of hydrogen-bond acceptors (Lipinski definition) is 4. The molecule has 1 fully saturated rings. The highest BCUT2D eigenvalue weighted by Gasteiger charge is 2.29. The van der Waals surface area contributed by atoms with E-state index in [1.165, 1.54) is 12.8 Å². The number of anilines is 1. The van der Waals surface area contributed by atoms with Gasteiger partial charge in [-0.05, 0) is 39.2 Å². The van der Waals surface area contributed by atoms with E-state index in [1.807, 2.05) is 23.8 Å². The first kappa shape index (κ1) is 12.4. The maximum Gasteiger partial charge on any atom is 0.155 e. The van der Waals surface area contributed by atoms with Gasteiger partial charge in [-0.2, -0.15) is 5.10 Å². The quantitative estimate of drug-likeness (QED) is 0.892. The highest BCUT2D eigenvalue weighted by Crippen LogP contribution is 2.30. The molecule has 0 saturated carbocycles. The summed E-state index contributed by atoms with van der Waals surface area (Å²) in [5.74, 6) is 1.02. The molecule has 102 valence electrons. The van der Waals surface area contributed by atoms with E-state index >= 15 is 0 Å². The van der Waals surface area contributed by atoms with Gasteiger partial charge in [0.15, 0.2) is 5.82 Å². The largest absolute Gasteiger partial charge is 0.348 e. The van der Waals surface area contributed by atoms with Gasteiger partial charge in [0.1, 0.15) is 5.52 Å². The van der Waals surface area contributed by atoms with Crippen LogP contribution in [0.3, 0.4) is 0 Å². The van der Waals surface area contributed by atoms with Crippen molar-refractivity contribution < 1.29 is 0 Å². The number of aromatic nitrogens is 3. The molecule has 2 N–H and O–H groups in total.